The van der Waals surface area contributed by atoms with Crippen molar-refractivity contribution in [2.75, 3.05) is 6.61 Å². The number of aromatic nitrogens is 1. The normalized spacial score (nSPS) is 13.2. The first kappa shape index (κ1) is 11.3. The lowest BCUT2D eigenvalue weighted by molar-refractivity contribution is 0.338. The van der Waals surface area contributed by atoms with Crippen LogP contribution >= 0.6 is 0 Å². The number of rotatable bonds is 1. The fourth-order valence-electron chi connectivity index (χ4n) is 2.82. The van der Waals surface area contributed by atoms with E-state index in [1.807, 2.05) is 59.2 Å². The lowest BCUT2D eigenvalue weighted by Crippen LogP contribution is -2.13. The zero-order valence-electron chi connectivity index (χ0n) is 10.9. The molecule has 0 radical (unpaired) electrons. The second-order valence-electron chi connectivity index (χ2n) is 4.90. The number of nitrogens with zero attached hydrogens (tertiary/aromatic N) is 1. The Hall–Kier alpha value is -2.55. The second-order valence-corrected chi connectivity index (χ2v) is 4.90. The summed E-state index contributed by atoms with van der Waals surface area (Å²) >= 11 is 0. The molecule has 4 rings (SSSR count). The molecular weight excluding hydrogens is 250 g/mol. The number of hydrogen-bond acceptors (Lipinski definition) is 2. The molecule has 0 saturated carbocycles. The summed E-state index contributed by atoms with van der Waals surface area (Å²) in [5.41, 5.74) is 2.79. The van der Waals surface area contributed by atoms with Crippen LogP contribution in [0.3, 0.4) is 0 Å². The number of benzene rings is 2. The van der Waals surface area contributed by atoms with E-state index in [1.165, 1.54) is 0 Å². The summed E-state index contributed by atoms with van der Waals surface area (Å²) in [4.78, 5) is 12.5. The Bertz CT molecular complexity index is 850. The minimum absolute atomic E-state index is 0.0975. The summed E-state index contributed by atoms with van der Waals surface area (Å²) < 4.78 is 7.78. The smallest absolute Gasteiger partial charge is 0.206 e. The molecule has 0 spiro atoms. The molecule has 0 aliphatic carbocycles. The molecule has 1 aromatic heterocycles. The highest BCUT2D eigenvalue weighted by Crippen LogP contribution is 2.30. The van der Waals surface area contributed by atoms with Crippen molar-refractivity contribution in [2.24, 2.45) is 0 Å². The van der Waals surface area contributed by atoms with Crippen molar-refractivity contribution in [3.63, 3.8) is 0 Å². The molecular formula is C17H13NO2. The molecule has 1 aliphatic heterocycles. The van der Waals surface area contributed by atoms with Crippen molar-refractivity contribution in [2.45, 2.75) is 6.42 Å². The number of ether oxygens (including phenoxy) is 1. The third-order valence-electron chi connectivity index (χ3n) is 3.73. The second kappa shape index (κ2) is 4.23. The molecule has 98 valence electrons. The van der Waals surface area contributed by atoms with Crippen LogP contribution < -0.4 is 10.2 Å². The summed E-state index contributed by atoms with van der Waals surface area (Å²) in [5.74, 6) is 0.694. The van der Waals surface area contributed by atoms with Crippen LogP contribution in [0.2, 0.25) is 0 Å². The van der Waals surface area contributed by atoms with Crippen LogP contribution in [-0.4, -0.2) is 11.2 Å². The standard InChI is InChI=1S/C17H13NO2/c19-16-13-8-4-5-9-15(13)18(12-6-2-1-3-7-12)17-14(16)10-11-20-17/h1-9H,10-11H2. The van der Waals surface area contributed by atoms with Crippen LogP contribution in [0.15, 0.2) is 59.4 Å². The van der Waals surface area contributed by atoms with Crippen LogP contribution in [0, 0.1) is 0 Å². The van der Waals surface area contributed by atoms with E-state index in [0.29, 0.717) is 18.9 Å². The van der Waals surface area contributed by atoms with Gasteiger partial charge >= 0.3 is 0 Å². The first-order valence-electron chi connectivity index (χ1n) is 6.71. The van der Waals surface area contributed by atoms with Gasteiger partial charge < -0.3 is 4.74 Å². The monoisotopic (exact) mass is 263 g/mol. The van der Waals surface area contributed by atoms with Crippen molar-refractivity contribution in [3.8, 4) is 11.6 Å². The lowest BCUT2D eigenvalue weighted by atomic mass is 10.1. The molecule has 3 heteroatoms. The summed E-state index contributed by atoms with van der Waals surface area (Å²) in [7, 11) is 0. The third kappa shape index (κ3) is 1.50. The van der Waals surface area contributed by atoms with Crippen LogP contribution in [0.1, 0.15) is 5.56 Å². The number of pyridine rings is 1. The van der Waals surface area contributed by atoms with E-state index in [-0.39, 0.29) is 5.43 Å². The molecule has 3 aromatic rings. The fourth-order valence-corrected chi connectivity index (χ4v) is 2.82. The van der Waals surface area contributed by atoms with Gasteiger partial charge in [-0.2, -0.15) is 0 Å². The lowest BCUT2D eigenvalue weighted by Gasteiger charge is -2.15. The highest BCUT2D eigenvalue weighted by atomic mass is 16.5. The summed E-state index contributed by atoms with van der Waals surface area (Å²) in [6, 6.07) is 17.7. The predicted octanol–water partition coefficient (Wildman–Crippen LogP) is 2.93. The van der Waals surface area contributed by atoms with Crippen molar-refractivity contribution in [3.05, 3.63) is 70.4 Å². The van der Waals surface area contributed by atoms with Gasteiger partial charge in [-0.1, -0.05) is 30.3 Å². The molecule has 0 bridgehead atoms. The van der Waals surface area contributed by atoms with Gasteiger partial charge in [-0.05, 0) is 24.3 Å². The molecule has 20 heavy (non-hydrogen) atoms. The molecule has 0 unspecified atom stereocenters. The first-order chi connectivity index (χ1) is 9.86. The molecule has 1 aliphatic rings. The SMILES string of the molecule is O=c1c2c(n(-c3ccccc3)c3ccccc13)OCC2. The minimum atomic E-state index is 0.0975. The average Bonchev–Trinajstić information content (AvgIpc) is 2.98. The molecule has 0 N–H and O–H groups in total. The highest BCUT2D eigenvalue weighted by molar-refractivity contribution is 5.83. The largest absolute Gasteiger partial charge is 0.478 e. The number of para-hydroxylation sites is 2. The minimum Gasteiger partial charge on any atom is -0.478 e. The van der Waals surface area contributed by atoms with Crippen LogP contribution in [0.4, 0.5) is 0 Å². The maximum Gasteiger partial charge on any atom is 0.206 e. The van der Waals surface area contributed by atoms with Crippen molar-refractivity contribution < 1.29 is 4.74 Å². The summed E-state index contributed by atoms with van der Waals surface area (Å²) in [6.07, 6.45) is 0.686. The quantitative estimate of drug-likeness (QED) is 0.676. The summed E-state index contributed by atoms with van der Waals surface area (Å²) in [6.45, 7) is 0.577. The van der Waals surface area contributed by atoms with Crippen molar-refractivity contribution in [1.29, 1.82) is 0 Å². The number of hydrogen-bond donors (Lipinski definition) is 0. The van der Waals surface area contributed by atoms with Gasteiger partial charge in [0.1, 0.15) is 0 Å². The van der Waals surface area contributed by atoms with E-state index in [2.05, 4.69) is 0 Å². The molecule has 2 heterocycles. The molecule has 2 aromatic carbocycles. The Morgan fingerprint density at radius 3 is 2.55 bits per heavy atom. The average molecular weight is 263 g/mol. The Balaban J connectivity index is 2.20. The molecule has 0 atom stereocenters. The topological polar surface area (TPSA) is 31.2 Å². The van der Waals surface area contributed by atoms with Gasteiger partial charge in [-0.15, -0.1) is 0 Å². The third-order valence-corrected chi connectivity index (χ3v) is 3.73. The Morgan fingerprint density at radius 2 is 1.70 bits per heavy atom. The van der Waals surface area contributed by atoms with Gasteiger partial charge in [0.15, 0.2) is 5.43 Å². The van der Waals surface area contributed by atoms with Gasteiger partial charge in [0.05, 0.1) is 17.7 Å². The maximum absolute atomic E-state index is 12.5. The Kier molecular flexibility index (Phi) is 2.39. The van der Waals surface area contributed by atoms with E-state index in [0.717, 1.165) is 22.2 Å². The highest BCUT2D eigenvalue weighted by Gasteiger charge is 2.23. The van der Waals surface area contributed by atoms with Crippen molar-refractivity contribution >= 4 is 10.9 Å². The van der Waals surface area contributed by atoms with Crippen LogP contribution in [0.5, 0.6) is 5.88 Å². The summed E-state index contributed by atoms with van der Waals surface area (Å²) in [5, 5.41) is 0.751. The fraction of sp³-hybridized carbons (Fsp3) is 0.118. The van der Waals surface area contributed by atoms with E-state index in [9.17, 15) is 4.79 Å². The first-order valence-corrected chi connectivity index (χ1v) is 6.71. The van der Waals surface area contributed by atoms with Gasteiger partial charge in [-0.3, -0.25) is 9.36 Å². The zero-order valence-corrected chi connectivity index (χ0v) is 10.9. The molecule has 0 fully saturated rings. The van der Waals surface area contributed by atoms with Gasteiger partial charge in [0, 0.05) is 17.5 Å². The van der Waals surface area contributed by atoms with E-state index >= 15 is 0 Å². The van der Waals surface area contributed by atoms with E-state index < -0.39 is 0 Å². The van der Waals surface area contributed by atoms with E-state index in [4.69, 9.17) is 4.74 Å². The van der Waals surface area contributed by atoms with Crippen LogP contribution in [0.25, 0.3) is 16.6 Å². The molecule has 3 nitrogen and oxygen atoms in total. The van der Waals surface area contributed by atoms with Crippen molar-refractivity contribution in [1.82, 2.24) is 4.57 Å². The Morgan fingerprint density at radius 1 is 0.950 bits per heavy atom. The van der Waals surface area contributed by atoms with Gasteiger partial charge in [0.2, 0.25) is 5.88 Å². The maximum atomic E-state index is 12.5. The Labute approximate surface area is 116 Å². The van der Waals surface area contributed by atoms with E-state index in [1.54, 1.807) is 0 Å². The molecule has 0 saturated heterocycles. The van der Waals surface area contributed by atoms with Gasteiger partial charge in [-0.25, -0.2) is 0 Å². The van der Waals surface area contributed by atoms with Gasteiger partial charge in [0.25, 0.3) is 0 Å². The number of fused-ring (bicyclic) bond motifs is 2. The molecule has 0 amide bonds. The zero-order chi connectivity index (χ0) is 13.5. The van der Waals surface area contributed by atoms with Crippen LogP contribution in [-0.2, 0) is 6.42 Å². The predicted molar refractivity (Wildman–Crippen MR) is 78.7 cm³/mol.